The first-order chi connectivity index (χ1) is 12.7. The minimum absolute atomic E-state index is 0.247. The molecule has 130 valence electrons. The number of carbonyl (C=O) groups is 1. The van der Waals surface area contributed by atoms with Crippen molar-refractivity contribution < 1.29 is 9.90 Å². The maximum absolute atomic E-state index is 11.3. The molecule has 1 aromatic heterocycles. The van der Waals surface area contributed by atoms with Crippen LogP contribution in [0.15, 0.2) is 42.5 Å². The lowest BCUT2D eigenvalue weighted by Gasteiger charge is -2.25. The fourth-order valence-corrected chi connectivity index (χ4v) is 3.84. The summed E-state index contributed by atoms with van der Waals surface area (Å²) < 4.78 is 2.27. The van der Waals surface area contributed by atoms with E-state index in [1.54, 1.807) is 24.3 Å². The van der Waals surface area contributed by atoms with E-state index in [0.717, 1.165) is 29.7 Å². The van der Waals surface area contributed by atoms with Crippen molar-refractivity contribution in [3.63, 3.8) is 0 Å². The van der Waals surface area contributed by atoms with E-state index < -0.39 is 5.97 Å². The van der Waals surface area contributed by atoms with Crippen molar-refractivity contribution in [3.8, 4) is 17.5 Å². The number of carboxylic acid groups (broad SMARTS) is 1. The van der Waals surface area contributed by atoms with Crippen molar-refractivity contribution in [2.45, 2.75) is 38.1 Å². The van der Waals surface area contributed by atoms with E-state index in [4.69, 9.17) is 10.2 Å². The molecule has 26 heavy (non-hydrogen) atoms. The Balaban J connectivity index is 1.90. The lowest BCUT2D eigenvalue weighted by atomic mass is 9.94. The molecule has 1 N–H and O–H groups in total. The van der Waals surface area contributed by atoms with Crippen LogP contribution in [0.1, 0.15) is 54.1 Å². The van der Waals surface area contributed by atoms with Crippen LogP contribution in [0.3, 0.4) is 0 Å². The first-order valence-electron chi connectivity index (χ1n) is 8.93. The van der Waals surface area contributed by atoms with Gasteiger partial charge in [-0.05, 0) is 55.3 Å². The molecule has 0 radical (unpaired) electrons. The minimum atomic E-state index is -0.945. The second kappa shape index (κ2) is 6.64. The molecule has 1 saturated carbocycles. The summed E-state index contributed by atoms with van der Waals surface area (Å²) in [5.41, 5.74) is 3.48. The third-order valence-electron chi connectivity index (χ3n) is 5.15. The Kier molecular flexibility index (Phi) is 4.18. The molecule has 5 nitrogen and oxygen atoms in total. The van der Waals surface area contributed by atoms with E-state index in [1.807, 2.05) is 18.2 Å². The van der Waals surface area contributed by atoms with Crippen LogP contribution in [0.25, 0.3) is 22.4 Å². The Morgan fingerprint density at radius 2 is 1.85 bits per heavy atom. The third kappa shape index (κ3) is 2.84. The summed E-state index contributed by atoms with van der Waals surface area (Å²) in [6.07, 6.45) is 5.87. The maximum atomic E-state index is 11.3. The van der Waals surface area contributed by atoms with Gasteiger partial charge in [0.05, 0.1) is 28.2 Å². The monoisotopic (exact) mass is 345 g/mol. The van der Waals surface area contributed by atoms with Gasteiger partial charge in [0.1, 0.15) is 5.82 Å². The summed E-state index contributed by atoms with van der Waals surface area (Å²) >= 11 is 0. The summed E-state index contributed by atoms with van der Waals surface area (Å²) in [4.78, 5) is 16.1. The summed E-state index contributed by atoms with van der Waals surface area (Å²) in [6, 6.07) is 15.1. The zero-order valence-corrected chi connectivity index (χ0v) is 14.4. The molecule has 0 unspecified atom stereocenters. The van der Waals surface area contributed by atoms with Gasteiger partial charge in [-0.15, -0.1) is 0 Å². The number of carboxylic acids is 1. The average molecular weight is 345 g/mol. The molecule has 1 aliphatic carbocycles. The van der Waals surface area contributed by atoms with Gasteiger partial charge in [-0.3, -0.25) is 0 Å². The Morgan fingerprint density at radius 1 is 1.12 bits per heavy atom. The largest absolute Gasteiger partial charge is 0.478 e. The Hall–Kier alpha value is -3.13. The normalized spacial score (nSPS) is 15.0. The van der Waals surface area contributed by atoms with E-state index >= 15 is 0 Å². The SMILES string of the molecule is N#Cc1ccc(-c2nc3cc(C(=O)O)ccc3n2C2CCCCC2)cc1. The van der Waals surface area contributed by atoms with Gasteiger partial charge in [0.15, 0.2) is 0 Å². The zero-order valence-electron chi connectivity index (χ0n) is 14.4. The third-order valence-corrected chi connectivity index (χ3v) is 5.15. The van der Waals surface area contributed by atoms with Crippen molar-refractivity contribution in [2.24, 2.45) is 0 Å². The average Bonchev–Trinajstić information content (AvgIpc) is 3.07. The highest BCUT2D eigenvalue weighted by molar-refractivity contribution is 5.93. The van der Waals surface area contributed by atoms with Gasteiger partial charge in [0.2, 0.25) is 0 Å². The van der Waals surface area contributed by atoms with Crippen LogP contribution in [0, 0.1) is 11.3 Å². The number of aromatic carboxylic acids is 1. The number of imidazole rings is 1. The van der Waals surface area contributed by atoms with E-state index in [2.05, 4.69) is 10.6 Å². The predicted octanol–water partition coefficient (Wildman–Crippen LogP) is 4.78. The number of benzene rings is 2. The van der Waals surface area contributed by atoms with E-state index in [9.17, 15) is 9.90 Å². The highest BCUT2D eigenvalue weighted by Gasteiger charge is 2.22. The Bertz CT molecular complexity index is 1010. The van der Waals surface area contributed by atoms with Gasteiger partial charge in [-0.25, -0.2) is 9.78 Å². The highest BCUT2D eigenvalue weighted by atomic mass is 16.4. The minimum Gasteiger partial charge on any atom is -0.478 e. The number of hydrogen-bond donors (Lipinski definition) is 1. The van der Waals surface area contributed by atoms with E-state index in [0.29, 0.717) is 17.1 Å². The number of fused-ring (bicyclic) bond motifs is 1. The molecule has 0 aliphatic heterocycles. The molecular weight excluding hydrogens is 326 g/mol. The fourth-order valence-electron chi connectivity index (χ4n) is 3.84. The summed E-state index contributed by atoms with van der Waals surface area (Å²) in [7, 11) is 0. The Morgan fingerprint density at radius 3 is 2.50 bits per heavy atom. The molecule has 0 amide bonds. The van der Waals surface area contributed by atoms with Gasteiger partial charge in [-0.1, -0.05) is 19.3 Å². The van der Waals surface area contributed by atoms with Crippen molar-refractivity contribution in [1.29, 1.82) is 5.26 Å². The number of nitriles is 1. The van der Waals surface area contributed by atoms with Gasteiger partial charge in [-0.2, -0.15) is 5.26 Å². The first kappa shape index (κ1) is 16.3. The molecule has 1 fully saturated rings. The summed E-state index contributed by atoms with van der Waals surface area (Å²) in [5, 5.41) is 18.3. The molecule has 2 aromatic carbocycles. The molecule has 1 aliphatic rings. The molecule has 0 spiro atoms. The van der Waals surface area contributed by atoms with Crippen LogP contribution >= 0.6 is 0 Å². The van der Waals surface area contributed by atoms with Gasteiger partial charge < -0.3 is 9.67 Å². The van der Waals surface area contributed by atoms with Gasteiger partial charge in [0.25, 0.3) is 0 Å². The summed E-state index contributed by atoms with van der Waals surface area (Å²) in [5.74, 6) is -0.0991. The second-order valence-electron chi connectivity index (χ2n) is 6.80. The fraction of sp³-hybridized carbons (Fsp3) is 0.286. The molecule has 0 bridgehead atoms. The standard InChI is InChI=1S/C21H19N3O2/c22-13-14-6-8-15(9-7-14)20-23-18-12-16(21(25)26)10-11-19(18)24(20)17-4-2-1-3-5-17/h6-12,17H,1-5H2,(H,25,26). The van der Waals surface area contributed by atoms with Crippen molar-refractivity contribution in [1.82, 2.24) is 9.55 Å². The van der Waals surface area contributed by atoms with Crippen LogP contribution in [0.4, 0.5) is 0 Å². The van der Waals surface area contributed by atoms with Crippen molar-refractivity contribution in [2.75, 3.05) is 0 Å². The highest BCUT2D eigenvalue weighted by Crippen LogP contribution is 2.36. The Labute approximate surface area is 151 Å². The number of nitrogens with zero attached hydrogens (tertiary/aromatic N) is 3. The smallest absolute Gasteiger partial charge is 0.335 e. The van der Waals surface area contributed by atoms with Crippen molar-refractivity contribution >= 4 is 17.0 Å². The molecule has 4 rings (SSSR count). The maximum Gasteiger partial charge on any atom is 0.335 e. The molecular formula is C21H19N3O2. The van der Waals surface area contributed by atoms with Crippen LogP contribution < -0.4 is 0 Å². The molecule has 0 saturated heterocycles. The molecule has 3 aromatic rings. The van der Waals surface area contributed by atoms with Crippen LogP contribution in [0.2, 0.25) is 0 Å². The van der Waals surface area contributed by atoms with E-state index in [-0.39, 0.29) is 5.56 Å². The summed E-state index contributed by atoms with van der Waals surface area (Å²) in [6.45, 7) is 0. The predicted molar refractivity (Wildman–Crippen MR) is 99.0 cm³/mol. The quantitative estimate of drug-likeness (QED) is 0.741. The van der Waals surface area contributed by atoms with Crippen LogP contribution in [-0.2, 0) is 0 Å². The number of hydrogen-bond acceptors (Lipinski definition) is 3. The van der Waals surface area contributed by atoms with Gasteiger partial charge >= 0.3 is 5.97 Å². The number of rotatable bonds is 3. The lowest BCUT2D eigenvalue weighted by molar-refractivity contribution is 0.0697. The van der Waals surface area contributed by atoms with Gasteiger partial charge in [0, 0.05) is 11.6 Å². The second-order valence-corrected chi connectivity index (χ2v) is 6.80. The zero-order chi connectivity index (χ0) is 18.1. The number of aromatic nitrogens is 2. The van der Waals surface area contributed by atoms with E-state index in [1.165, 1.54) is 19.3 Å². The molecule has 0 atom stereocenters. The molecule has 5 heteroatoms. The van der Waals surface area contributed by atoms with Crippen LogP contribution in [-0.4, -0.2) is 20.6 Å². The lowest BCUT2D eigenvalue weighted by Crippen LogP contribution is -2.14. The van der Waals surface area contributed by atoms with Crippen molar-refractivity contribution in [3.05, 3.63) is 53.6 Å². The topological polar surface area (TPSA) is 78.9 Å². The first-order valence-corrected chi connectivity index (χ1v) is 8.93. The van der Waals surface area contributed by atoms with Crippen LogP contribution in [0.5, 0.6) is 0 Å². The molecule has 1 heterocycles.